The predicted octanol–water partition coefficient (Wildman–Crippen LogP) is 2.94. The maximum atomic E-state index is 3.79. The van der Waals surface area contributed by atoms with Crippen LogP contribution in [0.4, 0.5) is 0 Å². The first kappa shape index (κ1) is 9.85. The number of rotatable bonds is 3. The second-order valence-corrected chi connectivity index (χ2v) is 3.14. The van der Waals surface area contributed by atoms with E-state index in [4.69, 9.17) is 0 Å². The number of hydrogen-bond donors (Lipinski definition) is 1. The maximum Gasteiger partial charge on any atom is 0.0482 e. The van der Waals surface area contributed by atoms with E-state index in [0.29, 0.717) is 6.04 Å². The van der Waals surface area contributed by atoms with Crippen molar-refractivity contribution >= 4 is 0 Å². The smallest absolute Gasteiger partial charge is 0.0482 e. The van der Waals surface area contributed by atoms with Crippen LogP contribution in [0.1, 0.15) is 19.8 Å². The van der Waals surface area contributed by atoms with Gasteiger partial charge < -0.3 is 5.32 Å². The second-order valence-electron chi connectivity index (χ2n) is 3.14. The van der Waals surface area contributed by atoms with E-state index < -0.39 is 0 Å². The Morgan fingerprint density at radius 3 is 2.85 bits per heavy atom. The minimum Gasteiger partial charge on any atom is -0.379 e. The predicted molar refractivity (Wildman–Crippen MR) is 58.4 cm³/mol. The Kier molecular flexibility index (Phi) is 3.56. The fraction of sp³-hybridized carbons (Fsp3) is 0.333. The minimum atomic E-state index is 0.393. The van der Waals surface area contributed by atoms with Crippen LogP contribution >= 0.6 is 0 Å². The zero-order valence-corrected chi connectivity index (χ0v) is 8.22. The lowest BCUT2D eigenvalue weighted by molar-refractivity contribution is 0.760. The normalized spacial score (nSPS) is 27.6. The summed E-state index contributed by atoms with van der Waals surface area (Å²) >= 11 is 0. The van der Waals surface area contributed by atoms with Gasteiger partial charge in [0.1, 0.15) is 0 Å². The number of allylic oxidation sites excluding steroid dienone is 4. The lowest BCUT2D eigenvalue weighted by atomic mass is 10.1. The van der Waals surface area contributed by atoms with Crippen molar-refractivity contribution < 1.29 is 0 Å². The monoisotopic (exact) mass is 175 g/mol. The van der Waals surface area contributed by atoms with Crippen LogP contribution in [0.15, 0.2) is 48.7 Å². The first-order chi connectivity index (χ1) is 6.31. The molecule has 1 aliphatic heterocycles. The van der Waals surface area contributed by atoms with Gasteiger partial charge in [-0.1, -0.05) is 37.8 Å². The first-order valence-corrected chi connectivity index (χ1v) is 4.73. The van der Waals surface area contributed by atoms with Crippen molar-refractivity contribution in [3.63, 3.8) is 0 Å². The summed E-state index contributed by atoms with van der Waals surface area (Å²) in [6, 6.07) is 0.393. The number of hydrogen-bond acceptors (Lipinski definition) is 1. The van der Waals surface area contributed by atoms with Gasteiger partial charge >= 0.3 is 0 Å². The van der Waals surface area contributed by atoms with Crippen LogP contribution in [0, 0.1) is 0 Å². The molecule has 1 heterocycles. The highest BCUT2D eigenvalue weighted by Gasteiger charge is 2.19. The molecule has 0 aromatic heterocycles. The Balaban J connectivity index is 2.82. The Bertz CT molecular complexity index is 258. The third kappa shape index (κ3) is 2.35. The molecule has 1 nitrogen and oxygen atoms in total. The van der Waals surface area contributed by atoms with Crippen LogP contribution in [0.3, 0.4) is 0 Å². The summed E-state index contributed by atoms with van der Waals surface area (Å²) in [5.41, 5.74) is 2.58. The molecule has 0 aliphatic carbocycles. The molecular weight excluding hydrogens is 158 g/mol. The van der Waals surface area contributed by atoms with E-state index in [1.54, 1.807) is 0 Å². The topological polar surface area (TPSA) is 12.0 Å². The van der Waals surface area contributed by atoms with Gasteiger partial charge in [-0.05, 0) is 18.4 Å². The lowest BCUT2D eigenvalue weighted by Gasteiger charge is -2.02. The van der Waals surface area contributed by atoms with Gasteiger partial charge in [-0.25, -0.2) is 0 Å². The molecule has 0 saturated carbocycles. The van der Waals surface area contributed by atoms with Gasteiger partial charge in [-0.3, -0.25) is 0 Å². The van der Waals surface area contributed by atoms with Crippen LogP contribution in [-0.2, 0) is 0 Å². The lowest BCUT2D eigenvalue weighted by Crippen LogP contribution is -2.16. The molecule has 13 heavy (non-hydrogen) atoms. The average molecular weight is 175 g/mol. The minimum absolute atomic E-state index is 0.393. The van der Waals surface area contributed by atoms with Crippen LogP contribution in [-0.4, -0.2) is 6.04 Å². The fourth-order valence-electron chi connectivity index (χ4n) is 1.53. The summed E-state index contributed by atoms with van der Waals surface area (Å²) < 4.78 is 0. The maximum absolute atomic E-state index is 3.79. The molecule has 1 heteroatoms. The SMILES string of the molecule is C=C/C=C1/CC(C=C)N/C1=C/CC. The summed E-state index contributed by atoms with van der Waals surface area (Å²) in [7, 11) is 0. The zero-order chi connectivity index (χ0) is 9.68. The number of nitrogens with one attached hydrogen (secondary N) is 1. The Hall–Kier alpha value is -1.24. The quantitative estimate of drug-likeness (QED) is 0.650. The van der Waals surface area contributed by atoms with Crippen molar-refractivity contribution in [2.24, 2.45) is 0 Å². The summed E-state index contributed by atoms with van der Waals surface area (Å²) in [4.78, 5) is 0. The van der Waals surface area contributed by atoms with E-state index in [2.05, 4.69) is 37.6 Å². The molecule has 0 amide bonds. The highest BCUT2D eigenvalue weighted by molar-refractivity contribution is 5.38. The summed E-state index contributed by atoms with van der Waals surface area (Å²) in [5, 5.41) is 3.40. The summed E-state index contributed by atoms with van der Waals surface area (Å²) in [5.74, 6) is 0. The van der Waals surface area contributed by atoms with E-state index >= 15 is 0 Å². The molecule has 1 rings (SSSR count). The highest BCUT2D eigenvalue weighted by atomic mass is 15.0. The molecule has 1 aliphatic rings. The standard InChI is InChI=1S/C12H17N/c1-4-7-10-9-11(6-3)13-12(10)8-5-2/h4,6-8,11,13H,1,3,5,9H2,2H3/b10-7-,12-8+. The van der Waals surface area contributed by atoms with Crippen LogP contribution in [0.25, 0.3) is 0 Å². The van der Waals surface area contributed by atoms with E-state index in [1.165, 1.54) is 11.3 Å². The largest absolute Gasteiger partial charge is 0.379 e. The third-order valence-corrected chi connectivity index (χ3v) is 2.14. The van der Waals surface area contributed by atoms with Gasteiger partial charge in [0.15, 0.2) is 0 Å². The van der Waals surface area contributed by atoms with Crippen molar-refractivity contribution in [2.75, 3.05) is 0 Å². The first-order valence-electron chi connectivity index (χ1n) is 4.73. The summed E-state index contributed by atoms with van der Waals surface area (Å²) in [6.45, 7) is 9.64. The molecular formula is C12H17N. The van der Waals surface area contributed by atoms with Gasteiger partial charge in [0.05, 0.1) is 0 Å². The van der Waals surface area contributed by atoms with Crippen molar-refractivity contribution in [3.8, 4) is 0 Å². The van der Waals surface area contributed by atoms with Crippen molar-refractivity contribution in [1.29, 1.82) is 0 Å². The van der Waals surface area contributed by atoms with Crippen LogP contribution in [0.5, 0.6) is 0 Å². The van der Waals surface area contributed by atoms with Gasteiger partial charge in [0.25, 0.3) is 0 Å². The highest BCUT2D eigenvalue weighted by Crippen LogP contribution is 2.23. The second kappa shape index (κ2) is 4.70. The van der Waals surface area contributed by atoms with Crippen molar-refractivity contribution in [2.45, 2.75) is 25.8 Å². The molecule has 70 valence electrons. The molecule has 1 unspecified atom stereocenters. The summed E-state index contributed by atoms with van der Waals surface area (Å²) in [6.07, 6.45) is 10.2. The zero-order valence-electron chi connectivity index (χ0n) is 8.22. The van der Waals surface area contributed by atoms with Gasteiger partial charge in [0, 0.05) is 11.7 Å². The van der Waals surface area contributed by atoms with Gasteiger partial charge in [-0.2, -0.15) is 0 Å². The fourth-order valence-corrected chi connectivity index (χ4v) is 1.53. The Morgan fingerprint density at radius 2 is 2.31 bits per heavy atom. The average Bonchev–Trinajstić information content (AvgIpc) is 2.50. The van der Waals surface area contributed by atoms with E-state index in [1.807, 2.05) is 12.2 Å². The van der Waals surface area contributed by atoms with E-state index in [0.717, 1.165) is 12.8 Å². The molecule has 0 spiro atoms. The van der Waals surface area contributed by atoms with Gasteiger partial charge in [0.2, 0.25) is 0 Å². The van der Waals surface area contributed by atoms with Crippen LogP contribution < -0.4 is 5.32 Å². The molecule has 0 bridgehead atoms. The van der Waals surface area contributed by atoms with Crippen LogP contribution in [0.2, 0.25) is 0 Å². The van der Waals surface area contributed by atoms with Crippen molar-refractivity contribution in [1.82, 2.24) is 5.32 Å². The molecule has 1 atom stereocenters. The van der Waals surface area contributed by atoms with Gasteiger partial charge in [-0.15, -0.1) is 6.58 Å². The van der Waals surface area contributed by atoms with Crippen molar-refractivity contribution in [3.05, 3.63) is 48.7 Å². The molecule has 1 N–H and O–H groups in total. The molecule has 0 aromatic carbocycles. The third-order valence-electron chi connectivity index (χ3n) is 2.14. The molecule has 1 fully saturated rings. The van der Waals surface area contributed by atoms with E-state index in [9.17, 15) is 0 Å². The van der Waals surface area contributed by atoms with E-state index in [-0.39, 0.29) is 0 Å². The molecule has 1 saturated heterocycles. The molecule has 0 aromatic rings. The molecule has 0 radical (unpaired) electrons. The Labute approximate surface area is 80.5 Å². The Morgan fingerprint density at radius 1 is 1.54 bits per heavy atom.